The van der Waals surface area contributed by atoms with Crippen molar-refractivity contribution in [1.82, 2.24) is 0 Å². The molecule has 1 aliphatic carbocycles. The molecule has 1 aliphatic rings. The summed E-state index contributed by atoms with van der Waals surface area (Å²) in [6.07, 6.45) is 9.75. The molecule has 0 aliphatic heterocycles. The van der Waals surface area contributed by atoms with E-state index in [4.69, 9.17) is 4.74 Å². The number of ether oxygens (including phenoxy) is 1. The zero-order chi connectivity index (χ0) is 23.1. The first-order valence-electron chi connectivity index (χ1n) is 11.7. The quantitative estimate of drug-likeness (QED) is 0.397. The van der Waals surface area contributed by atoms with Gasteiger partial charge in [-0.1, -0.05) is 102 Å². The molecule has 1 aromatic carbocycles. The summed E-state index contributed by atoms with van der Waals surface area (Å²) in [5.74, 6) is 1.14. The van der Waals surface area contributed by atoms with E-state index in [2.05, 4.69) is 98.6 Å². The summed E-state index contributed by atoms with van der Waals surface area (Å²) in [5, 5.41) is 1.58. The summed E-state index contributed by atoms with van der Waals surface area (Å²) < 4.78 is 6.29. The molecule has 167 valence electrons. The van der Waals surface area contributed by atoms with Gasteiger partial charge < -0.3 is 4.74 Å². The second-order valence-electron chi connectivity index (χ2n) is 11.4. The largest absolute Gasteiger partial charge is 0.496 e. The molecule has 0 aromatic heterocycles. The Labute approximate surface area is 189 Å². The maximum atomic E-state index is 6.29. The lowest BCUT2D eigenvalue weighted by Crippen LogP contribution is -2.41. The van der Waals surface area contributed by atoms with Crippen molar-refractivity contribution >= 4 is 22.1 Å². The van der Waals surface area contributed by atoms with Crippen LogP contribution in [0.25, 0.3) is 0 Å². The third-order valence-corrected chi connectivity index (χ3v) is 11.1. The molecular weight excluding hydrogens is 396 g/mol. The molecule has 2 rings (SSSR count). The fourth-order valence-corrected chi connectivity index (χ4v) is 8.26. The standard InChI is InChI=1S/C27H45OSi2/c1-13-27(14-2,20-15-16-21(18-20)30(10,11)12)23-24(28-7)22(26(4,5)6)17-19(3)25(23)29(8)9/h15-18,21H,13-14H2,1-12H3. The number of benzene rings is 1. The zero-order valence-corrected chi connectivity index (χ0v) is 23.7. The highest BCUT2D eigenvalue weighted by Gasteiger charge is 2.41. The van der Waals surface area contributed by atoms with E-state index in [-0.39, 0.29) is 10.8 Å². The summed E-state index contributed by atoms with van der Waals surface area (Å²) in [6.45, 7) is 26.3. The van der Waals surface area contributed by atoms with Gasteiger partial charge in [0, 0.05) is 16.5 Å². The van der Waals surface area contributed by atoms with E-state index in [9.17, 15) is 0 Å². The summed E-state index contributed by atoms with van der Waals surface area (Å²) in [6, 6.07) is 2.41. The number of hydrogen-bond donors (Lipinski definition) is 0. The van der Waals surface area contributed by atoms with E-state index < -0.39 is 16.9 Å². The maximum absolute atomic E-state index is 6.29. The minimum atomic E-state index is -1.27. The lowest BCUT2D eigenvalue weighted by Gasteiger charge is -2.40. The van der Waals surface area contributed by atoms with E-state index in [0.717, 1.165) is 18.6 Å². The summed E-state index contributed by atoms with van der Waals surface area (Å²) in [4.78, 5) is 0. The summed E-state index contributed by atoms with van der Waals surface area (Å²) >= 11 is 0. The molecule has 1 radical (unpaired) electrons. The molecule has 0 fully saturated rings. The number of rotatable bonds is 7. The van der Waals surface area contributed by atoms with Gasteiger partial charge in [-0.2, -0.15) is 0 Å². The van der Waals surface area contributed by atoms with Crippen molar-refractivity contribution < 1.29 is 4.74 Å². The number of hydrogen-bond acceptors (Lipinski definition) is 1. The Bertz CT molecular complexity index is 828. The molecule has 0 amide bonds. The van der Waals surface area contributed by atoms with Crippen LogP contribution < -0.4 is 9.92 Å². The van der Waals surface area contributed by atoms with Gasteiger partial charge in [0.25, 0.3) is 0 Å². The highest BCUT2D eigenvalue weighted by Crippen LogP contribution is 2.49. The Morgan fingerprint density at radius 2 is 1.63 bits per heavy atom. The van der Waals surface area contributed by atoms with Crippen molar-refractivity contribution in [3.05, 3.63) is 46.6 Å². The molecule has 0 saturated carbocycles. The average Bonchev–Trinajstić information content (AvgIpc) is 3.13. The normalized spacial score (nSPS) is 17.6. The van der Waals surface area contributed by atoms with Crippen LogP contribution in [0, 0.1) is 6.92 Å². The lowest BCUT2D eigenvalue weighted by atomic mass is 9.68. The van der Waals surface area contributed by atoms with Crippen LogP contribution in [0.1, 0.15) is 64.2 Å². The van der Waals surface area contributed by atoms with Gasteiger partial charge in [0.15, 0.2) is 0 Å². The van der Waals surface area contributed by atoms with Crippen molar-refractivity contribution in [1.29, 1.82) is 0 Å². The average molecular weight is 442 g/mol. The van der Waals surface area contributed by atoms with Gasteiger partial charge in [0.1, 0.15) is 5.75 Å². The molecule has 0 N–H and O–H groups in total. The monoisotopic (exact) mass is 441 g/mol. The smallest absolute Gasteiger partial charge is 0.126 e. The summed E-state index contributed by atoms with van der Waals surface area (Å²) in [5.41, 5.74) is 6.49. The third-order valence-electron chi connectivity index (χ3n) is 7.07. The van der Waals surface area contributed by atoms with E-state index in [0.29, 0.717) is 5.54 Å². The molecule has 30 heavy (non-hydrogen) atoms. The predicted octanol–water partition coefficient (Wildman–Crippen LogP) is 7.52. The summed E-state index contributed by atoms with van der Waals surface area (Å²) in [7, 11) is -0.0488. The van der Waals surface area contributed by atoms with E-state index in [1.807, 2.05) is 7.11 Å². The van der Waals surface area contributed by atoms with Gasteiger partial charge >= 0.3 is 0 Å². The molecule has 1 atom stereocenters. The third kappa shape index (κ3) is 4.43. The fourth-order valence-electron chi connectivity index (χ4n) is 5.20. The first-order chi connectivity index (χ1) is 13.7. The molecule has 0 saturated heterocycles. The van der Waals surface area contributed by atoms with Gasteiger partial charge in [-0.3, -0.25) is 0 Å². The molecule has 0 bridgehead atoms. The van der Waals surface area contributed by atoms with Gasteiger partial charge in [0.2, 0.25) is 0 Å². The Balaban J connectivity index is 2.96. The van der Waals surface area contributed by atoms with Gasteiger partial charge in [-0.25, -0.2) is 0 Å². The van der Waals surface area contributed by atoms with Crippen LogP contribution in [0.2, 0.25) is 38.3 Å². The van der Waals surface area contributed by atoms with Crippen molar-refractivity contribution in [2.45, 2.75) is 103 Å². The second kappa shape index (κ2) is 8.82. The van der Waals surface area contributed by atoms with Crippen LogP contribution >= 0.6 is 0 Å². The van der Waals surface area contributed by atoms with Crippen LogP contribution in [-0.4, -0.2) is 24.0 Å². The van der Waals surface area contributed by atoms with Gasteiger partial charge in [-0.15, -0.1) is 0 Å². The molecular formula is C27H45OSi2. The molecule has 1 aromatic rings. The highest BCUT2D eigenvalue weighted by molar-refractivity contribution is 6.78. The van der Waals surface area contributed by atoms with E-state index in [1.165, 1.54) is 22.3 Å². The Morgan fingerprint density at radius 3 is 2.00 bits per heavy atom. The molecule has 1 unspecified atom stereocenters. The van der Waals surface area contributed by atoms with Crippen molar-refractivity contribution in [2.75, 3.05) is 7.11 Å². The fraction of sp³-hybridized carbons (Fsp3) is 0.630. The molecule has 1 nitrogen and oxygen atoms in total. The van der Waals surface area contributed by atoms with Crippen molar-refractivity contribution in [3.8, 4) is 5.75 Å². The number of allylic oxidation sites excluding steroid dienone is 4. The number of methoxy groups -OCH3 is 1. The Kier molecular flexibility index (Phi) is 7.41. The molecule has 3 heteroatoms. The lowest BCUT2D eigenvalue weighted by molar-refractivity contribution is 0.372. The Hall–Kier alpha value is -1.07. The maximum Gasteiger partial charge on any atom is 0.126 e. The Morgan fingerprint density at radius 1 is 1.07 bits per heavy atom. The van der Waals surface area contributed by atoms with Crippen LogP contribution in [0.4, 0.5) is 0 Å². The minimum absolute atomic E-state index is 0.0134. The minimum Gasteiger partial charge on any atom is -0.496 e. The van der Waals surface area contributed by atoms with Crippen LogP contribution in [-0.2, 0) is 10.8 Å². The van der Waals surface area contributed by atoms with E-state index >= 15 is 0 Å². The first-order valence-corrected chi connectivity index (χ1v) is 17.8. The first kappa shape index (κ1) is 25.2. The topological polar surface area (TPSA) is 9.23 Å². The SMILES string of the molecule is CCC(CC)(C1=CC([Si](C)(C)C)C=C1)c1c(OC)c(C(C)(C)C)cc(C)c1[Si](C)C. The predicted molar refractivity (Wildman–Crippen MR) is 140 cm³/mol. The van der Waals surface area contributed by atoms with Crippen LogP contribution in [0.3, 0.4) is 0 Å². The second-order valence-corrected chi connectivity index (χ2v) is 19.3. The van der Waals surface area contributed by atoms with Crippen molar-refractivity contribution in [3.63, 3.8) is 0 Å². The van der Waals surface area contributed by atoms with Crippen molar-refractivity contribution in [2.24, 2.45) is 0 Å². The van der Waals surface area contributed by atoms with Crippen LogP contribution in [0.15, 0.2) is 29.9 Å². The van der Waals surface area contributed by atoms with E-state index in [1.54, 1.807) is 5.19 Å². The molecule has 0 heterocycles. The zero-order valence-electron chi connectivity index (χ0n) is 21.7. The van der Waals surface area contributed by atoms with Gasteiger partial charge in [0.05, 0.1) is 24.0 Å². The van der Waals surface area contributed by atoms with Crippen LogP contribution in [0.5, 0.6) is 5.75 Å². The molecule has 0 spiro atoms. The number of aryl methyl sites for hydroxylation is 1. The highest BCUT2D eigenvalue weighted by atomic mass is 28.3. The van der Waals surface area contributed by atoms with Gasteiger partial charge in [-0.05, 0) is 36.3 Å².